The lowest BCUT2D eigenvalue weighted by Crippen LogP contribution is -2.41. The third-order valence-corrected chi connectivity index (χ3v) is 4.35. The molecule has 1 aromatic carbocycles. The maximum absolute atomic E-state index is 12.3. The molecule has 7 nitrogen and oxygen atoms in total. The number of nitrogens with one attached hydrogen (secondary N) is 1. The summed E-state index contributed by atoms with van der Waals surface area (Å²) < 4.78 is 7.74. The summed E-state index contributed by atoms with van der Waals surface area (Å²) in [6.45, 7) is 0. The number of rotatable bonds is 10. The Hall–Kier alpha value is -2.12. The second kappa shape index (κ2) is 10.9. The number of esters is 2. The highest BCUT2D eigenvalue weighted by atomic mass is 35.5. The highest BCUT2D eigenvalue weighted by Crippen LogP contribution is 2.24. The summed E-state index contributed by atoms with van der Waals surface area (Å²) in [4.78, 5) is 46.1. The van der Waals surface area contributed by atoms with Crippen LogP contribution in [0.5, 0.6) is 0 Å². The van der Waals surface area contributed by atoms with Gasteiger partial charge in [-0.1, -0.05) is 35.3 Å². The van der Waals surface area contributed by atoms with E-state index in [1.807, 2.05) is 0 Å². The zero-order chi connectivity index (χ0) is 20.4. The Kier molecular flexibility index (Phi) is 9.25. The molecule has 0 heterocycles. The molecule has 1 aromatic rings. The minimum atomic E-state index is -1.44. The molecule has 0 unspecified atom stereocenters. The van der Waals surface area contributed by atoms with Crippen molar-refractivity contribution in [3.05, 3.63) is 35.4 Å². The number of alkyl halides is 2. The van der Waals surface area contributed by atoms with Gasteiger partial charge in [-0.3, -0.25) is 9.59 Å². The maximum atomic E-state index is 12.3. The van der Waals surface area contributed by atoms with Crippen LogP contribution in [0.15, 0.2) is 24.3 Å². The van der Waals surface area contributed by atoms with Gasteiger partial charge >= 0.3 is 11.9 Å². The molecule has 0 radical (unpaired) electrons. The lowest BCUT2D eigenvalue weighted by molar-refractivity contribution is -0.144. The van der Waals surface area contributed by atoms with Gasteiger partial charge < -0.3 is 19.6 Å². The second-order valence-electron chi connectivity index (χ2n) is 5.74. The van der Waals surface area contributed by atoms with Gasteiger partial charge in [-0.2, -0.15) is 0 Å². The molecule has 0 bridgehead atoms. The van der Waals surface area contributed by atoms with E-state index in [0.29, 0.717) is 18.3 Å². The molecule has 0 aliphatic heterocycles. The molecule has 27 heavy (non-hydrogen) atoms. The SMILES string of the molecule is COC(=O)CC[C@H](NC(=O)c1ccc(CCC(Cl)(Cl)C=O)cc1)C(=O)OC. The molecular weight excluding hydrogens is 397 g/mol. The third-order valence-electron chi connectivity index (χ3n) is 3.79. The molecule has 1 rings (SSSR count). The Morgan fingerprint density at radius 1 is 1.15 bits per heavy atom. The number of aryl methyl sites for hydroxylation is 1. The van der Waals surface area contributed by atoms with Crippen molar-refractivity contribution in [2.24, 2.45) is 0 Å². The van der Waals surface area contributed by atoms with E-state index in [1.165, 1.54) is 14.2 Å². The Morgan fingerprint density at radius 3 is 2.30 bits per heavy atom. The van der Waals surface area contributed by atoms with Crippen molar-refractivity contribution >= 4 is 47.3 Å². The summed E-state index contributed by atoms with van der Waals surface area (Å²) in [7, 11) is 2.44. The molecule has 9 heteroatoms. The lowest BCUT2D eigenvalue weighted by atomic mass is 10.0. The zero-order valence-corrected chi connectivity index (χ0v) is 16.5. The normalized spacial score (nSPS) is 12.0. The molecule has 1 atom stereocenters. The smallest absolute Gasteiger partial charge is 0.328 e. The van der Waals surface area contributed by atoms with Crippen molar-refractivity contribution in [3.63, 3.8) is 0 Å². The van der Waals surface area contributed by atoms with E-state index in [4.69, 9.17) is 23.2 Å². The molecule has 0 aliphatic rings. The first-order valence-electron chi connectivity index (χ1n) is 8.11. The fourth-order valence-corrected chi connectivity index (χ4v) is 2.38. The van der Waals surface area contributed by atoms with Gasteiger partial charge in [0.2, 0.25) is 0 Å². The number of hydrogen-bond donors (Lipinski definition) is 1. The van der Waals surface area contributed by atoms with Crippen LogP contribution < -0.4 is 5.32 Å². The number of hydrogen-bond acceptors (Lipinski definition) is 6. The molecular formula is C18H21Cl2NO6. The van der Waals surface area contributed by atoms with Crippen LogP contribution in [0.4, 0.5) is 0 Å². The molecule has 0 spiro atoms. The third kappa shape index (κ3) is 7.97. The molecule has 0 saturated carbocycles. The van der Waals surface area contributed by atoms with Gasteiger partial charge in [0.25, 0.3) is 5.91 Å². The number of carbonyl (C=O) groups excluding carboxylic acids is 4. The molecule has 0 saturated heterocycles. The first-order valence-corrected chi connectivity index (χ1v) is 8.86. The Morgan fingerprint density at radius 2 is 1.78 bits per heavy atom. The predicted molar refractivity (Wildman–Crippen MR) is 99.8 cm³/mol. The number of aldehydes is 1. The van der Waals surface area contributed by atoms with Gasteiger partial charge in [0.15, 0.2) is 10.6 Å². The number of halogens is 2. The number of amides is 1. The largest absolute Gasteiger partial charge is 0.469 e. The molecule has 148 valence electrons. The monoisotopic (exact) mass is 417 g/mol. The molecule has 1 amide bonds. The lowest BCUT2D eigenvalue weighted by Gasteiger charge is -2.16. The van der Waals surface area contributed by atoms with E-state index in [-0.39, 0.29) is 19.3 Å². The molecule has 1 N–H and O–H groups in total. The van der Waals surface area contributed by atoms with E-state index < -0.39 is 28.2 Å². The summed E-state index contributed by atoms with van der Waals surface area (Å²) in [5.41, 5.74) is 1.17. The Balaban J connectivity index is 2.71. The standard InChI is InChI=1S/C18H21Cl2NO6/c1-26-15(23)8-7-14(17(25)27-2)21-16(24)13-5-3-12(4-6-13)9-10-18(19,20)11-22/h3-6,11,14H,7-10H2,1-2H3,(H,21,24)/t14-/m0/s1. The van der Waals surface area contributed by atoms with Crippen molar-refractivity contribution in [2.45, 2.75) is 36.1 Å². The van der Waals surface area contributed by atoms with Gasteiger partial charge in [-0.05, 0) is 37.0 Å². The van der Waals surface area contributed by atoms with Crippen LogP contribution in [0.3, 0.4) is 0 Å². The van der Waals surface area contributed by atoms with Crippen LogP contribution in [0.25, 0.3) is 0 Å². The number of methoxy groups -OCH3 is 2. The number of benzene rings is 1. The van der Waals surface area contributed by atoms with E-state index in [2.05, 4.69) is 14.8 Å². The van der Waals surface area contributed by atoms with Crippen LogP contribution >= 0.6 is 23.2 Å². The first kappa shape index (κ1) is 22.9. The van der Waals surface area contributed by atoms with Crippen LogP contribution in [-0.4, -0.2) is 48.7 Å². The van der Waals surface area contributed by atoms with E-state index in [1.54, 1.807) is 24.3 Å². The van der Waals surface area contributed by atoms with Crippen LogP contribution in [-0.2, 0) is 30.3 Å². The van der Waals surface area contributed by atoms with Crippen LogP contribution in [0.2, 0.25) is 0 Å². The summed E-state index contributed by atoms with van der Waals surface area (Å²) in [5.74, 6) is -1.63. The van der Waals surface area contributed by atoms with Crippen molar-refractivity contribution < 1.29 is 28.7 Å². The van der Waals surface area contributed by atoms with Crippen LogP contribution in [0, 0.1) is 0 Å². The topological polar surface area (TPSA) is 98.8 Å². The van der Waals surface area contributed by atoms with Gasteiger partial charge in [0.05, 0.1) is 14.2 Å². The molecule has 0 fully saturated rings. The summed E-state index contributed by atoms with van der Waals surface area (Å²) >= 11 is 11.5. The fourth-order valence-electron chi connectivity index (χ4n) is 2.19. The minimum Gasteiger partial charge on any atom is -0.469 e. The van der Waals surface area contributed by atoms with Gasteiger partial charge in [0.1, 0.15) is 6.04 Å². The van der Waals surface area contributed by atoms with Gasteiger partial charge in [0, 0.05) is 12.0 Å². The molecule has 0 aromatic heterocycles. The zero-order valence-electron chi connectivity index (χ0n) is 15.0. The quantitative estimate of drug-likeness (QED) is 0.356. The summed E-state index contributed by atoms with van der Waals surface area (Å²) in [6.07, 6.45) is 1.19. The van der Waals surface area contributed by atoms with Crippen molar-refractivity contribution in [3.8, 4) is 0 Å². The highest BCUT2D eigenvalue weighted by Gasteiger charge is 2.24. The minimum absolute atomic E-state index is 0.0369. The first-order chi connectivity index (χ1) is 12.7. The summed E-state index contributed by atoms with van der Waals surface area (Å²) in [6, 6.07) is 5.58. The summed E-state index contributed by atoms with van der Waals surface area (Å²) in [5, 5.41) is 2.54. The van der Waals surface area contributed by atoms with E-state index in [0.717, 1.165) is 5.56 Å². The van der Waals surface area contributed by atoms with Crippen molar-refractivity contribution in [2.75, 3.05) is 14.2 Å². The fraction of sp³-hybridized carbons (Fsp3) is 0.444. The van der Waals surface area contributed by atoms with Crippen molar-refractivity contribution in [1.82, 2.24) is 5.32 Å². The highest BCUT2D eigenvalue weighted by molar-refractivity contribution is 6.55. The van der Waals surface area contributed by atoms with Crippen molar-refractivity contribution in [1.29, 1.82) is 0 Å². The Labute approximate surface area is 167 Å². The van der Waals surface area contributed by atoms with Crippen LogP contribution in [0.1, 0.15) is 35.2 Å². The van der Waals surface area contributed by atoms with E-state index in [9.17, 15) is 19.2 Å². The number of carbonyl (C=O) groups is 4. The van der Waals surface area contributed by atoms with E-state index >= 15 is 0 Å². The van der Waals surface area contributed by atoms with Gasteiger partial charge in [-0.25, -0.2) is 4.79 Å². The average molecular weight is 418 g/mol. The second-order valence-corrected chi connectivity index (χ2v) is 7.28. The number of ether oxygens (including phenoxy) is 2. The van der Waals surface area contributed by atoms with Gasteiger partial charge in [-0.15, -0.1) is 0 Å². The average Bonchev–Trinajstić information content (AvgIpc) is 2.68. The molecule has 0 aliphatic carbocycles. The Bertz CT molecular complexity index is 675. The predicted octanol–water partition coefficient (Wildman–Crippen LogP) is 2.22. The maximum Gasteiger partial charge on any atom is 0.328 e.